The van der Waals surface area contributed by atoms with E-state index in [1.165, 1.54) is 18.2 Å². The summed E-state index contributed by atoms with van der Waals surface area (Å²) in [6.07, 6.45) is 3.67. The summed E-state index contributed by atoms with van der Waals surface area (Å²) >= 11 is 0. The van der Waals surface area contributed by atoms with E-state index < -0.39 is 0 Å². The summed E-state index contributed by atoms with van der Waals surface area (Å²) in [6, 6.07) is 4.26. The van der Waals surface area contributed by atoms with E-state index in [-0.39, 0.29) is 29.0 Å². The summed E-state index contributed by atoms with van der Waals surface area (Å²) in [4.78, 5) is 13.9. The molecule has 1 aromatic rings. The number of hydrogen-bond donors (Lipinski definition) is 2. The Balaban J connectivity index is 2.24. The predicted octanol–water partition coefficient (Wildman–Crippen LogP) is 1.89. The highest BCUT2D eigenvalue weighted by atomic mass is 16.3. The summed E-state index contributed by atoms with van der Waals surface area (Å²) in [5, 5.41) is 18.8. The van der Waals surface area contributed by atoms with Gasteiger partial charge in [-0.05, 0) is 25.0 Å². The van der Waals surface area contributed by atoms with Crippen LogP contribution in [-0.2, 0) is 0 Å². The number of rotatable bonds is 4. The first-order chi connectivity index (χ1) is 8.13. The Kier molecular flexibility index (Phi) is 3.04. The van der Waals surface area contributed by atoms with Gasteiger partial charge in [-0.1, -0.05) is 6.08 Å². The van der Waals surface area contributed by atoms with Gasteiger partial charge < -0.3 is 15.1 Å². The minimum absolute atomic E-state index is 0.0549. The number of phenolic OH excluding ortho intramolecular Hbond substituents is 2. The van der Waals surface area contributed by atoms with Crippen molar-refractivity contribution in [3.05, 3.63) is 36.4 Å². The molecule has 90 valence electrons. The molecule has 17 heavy (non-hydrogen) atoms. The second-order valence-corrected chi connectivity index (χ2v) is 4.18. The van der Waals surface area contributed by atoms with Crippen LogP contribution in [0.5, 0.6) is 11.5 Å². The Morgan fingerprint density at radius 3 is 2.71 bits per heavy atom. The highest BCUT2D eigenvalue weighted by Crippen LogP contribution is 2.31. The predicted molar refractivity (Wildman–Crippen MR) is 64.0 cm³/mol. The molecule has 1 fully saturated rings. The van der Waals surface area contributed by atoms with Gasteiger partial charge in [0.1, 0.15) is 11.5 Å². The molecule has 1 saturated carbocycles. The smallest absolute Gasteiger partial charge is 0.258 e. The third kappa shape index (κ3) is 2.41. The highest BCUT2D eigenvalue weighted by Gasteiger charge is 2.33. The second kappa shape index (κ2) is 4.49. The van der Waals surface area contributed by atoms with E-state index in [4.69, 9.17) is 0 Å². The molecule has 4 heteroatoms. The van der Waals surface area contributed by atoms with Crippen LogP contribution in [0, 0.1) is 0 Å². The third-order valence-corrected chi connectivity index (χ3v) is 2.79. The van der Waals surface area contributed by atoms with Gasteiger partial charge in [-0.25, -0.2) is 0 Å². The molecule has 2 N–H and O–H groups in total. The minimum atomic E-state index is -0.218. The van der Waals surface area contributed by atoms with Gasteiger partial charge in [-0.3, -0.25) is 4.79 Å². The fourth-order valence-electron chi connectivity index (χ4n) is 1.78. The largest absolute Gasteiger partial charge is 0.508 e. The van der Waals surface area contributed by atoms with Crippen molar-refractivity contribution in [2.75, 3.05) is 6.54 Å². The van der Waals surface area contributed by atoms with E-state index in [2.05, 4.69) is 6.58 Å². The van der Waals surface area contributed by atoms with Gasteiger partial charge in [-0.2, -0.15) is 0 Å². The number of carbonyl (C=O) groups is 1. The SMILES string of the molecule is C=CCN(C(=O)c1ccc(O)cc1O)C1CC1. The maximum atomic E-state index is 12.2. The Bertz CT molecular complexity index is 452. The summed E-state index contributed by atoms with van der Waals surface area (Å²) in [6.45, 7) is 4.10. The van der Waals surface area contributed by atoms with Crippen molar-refractivity contribution < 1.29 is 15.0 Å². The van der Waals surface area contributed by atoms with Crippen molar-refractivity contribution in [1.82, 2.24) is 4.90 Å². The third-order valence-electron chi connectivity index (χ3n) is 2.79. The Morgan fingerprint density at radius 2 is 2.18 bits per heavy atom. The fourth-order valence-corrected chi connectivity index (χ4v) is 1.78. The van der Waals surface area contributed by atoms with Crippen molar-refractivity contribution in [2.45, 2.75) is 18.9 Å². The van der Waals surface area contributed by atoms with Gasteiger partial charge in [0.05, 0.1) is 5.56 Å². The van der Waals surface area contributed by atoms with Gasteiger partial charge in [0.15, 0.2) is 0 Å². The van der Waals surface area contributed by atoms with Crippen LogP contribution in [0.25, 0.3) is 0 Å². The van der Waals surface area contributed by atoms with Crippen molar-refractivity contribution in [2.24, 2.45) is 0 Å². The zero-order valence-electron chi connectivity index (χ0n) is 9.47. The molecule has 0 radical (unpaired) electrons. The molecule has 0 bridgehead atoms. The molecule has 2 rings (SSSR count). The first-order valence-electron chi connectivity index (χ1n) is 5.57. The normalized spacial score (nSPS) is 14.4. The molecule has 1 aliphatic rings. The van der Waals surface area contributed by atoms with Crippen LogP contribution in [0.4, 0.5) is 0 Å². The van der Waals surface area contributed by atoms with E-state index in [1.54, 1.807) is 11.0 Å². The Morgan fingerprint density at radius 1 is 1.47 bits per heavy atom. The van der Waals surface area contributed by atoms with E-state index in [9.17, 15) is 15.0 Å². The Hall–Kier alpha value is -1.97. The van der Waals surface area contributed by atoms with Crippen LogP contribution in [0.2, 0.25) is 0 Å². The summed E-state index contributed by atoms with van der Waals surface area (Å²) in [5.74, 6) is -0.463. The lowest BCUT2D eigenvalue weighted by molar-refractivity contribution is 0.0759. The number of benzene rings is 1. The first-order valence-corrected chi connectivity index (χ1v) is 5.57. The molecule has 4 nitrogen and oxygen atoms in total. The molecule has 0 unspecified atom stereocenters. The minimum Gasteiger partial charge on any atom is -0.508 e. The van der Waals surface area contributed by atoms with Gasteiger partial charge >= 0.3 is 0 Å². The van der Waals surface area contributed by atoms with Crippen LogP contribution >= 0.6 is 0 Å². The summed E-state index contributed by atoms with van der Waals surface area (Å²) < 4.78 is 0. The van der Waals surface area contributed by atoms with E-state index in [1.807, 2.05) is 0 Å². The topological polar surface area (TPSA) is 60.8 Å². The van der Waals surface area contributed by atoms with Gasteiger partial charge in [0, 0.05) is 18.7 Å². The van der Waals surface area contributed by atoms with E-state index >= 15 is 0 Å². The van der Waals surface area contributed by atoms with Crippen LogP contribution in [0.15, 0.2) is 30.9 Å². The van der Waals surface area contributed by atoms with Gasteiger partial charge in [0.25, 0.3) is 5.91 Å². The lowest BCUT2D eigenvalue weighted by Gasteiger charge is -2.21. The van der Waals surface area contributed by atoms with Crippen LogP contribution in [0.1, 0.15) is 23.2 Å². The van der Waals surface area contributed by atoms with Crippen molar-refractivity contribution >= 4 is 5.91 Å². The van der Waals surface area contributed by atoms with Crippen LogP contribution < -0.4 is 0 Å². The Labute approximate surface area is 99.8 Å². The number of carbonyl (C=O) groups excluding carboxylic acids is 1. The van der Waals surface area contributed by atoms with E-state index in [0.29, 0.717) is 6.54 Å². The number of phenols is 2. The molecule has 0 spiro atoms. The number of hydrogen-bond acceptors (Lipinski definition) is 3. The molecule has 1 aliphatic carbocycles. The van der Waals surface area contributed by atoms with E-state index in [0.717, 1.165) is 12.8 Å². The molecular formula is C13H15NO3. The number of aromatic hydroxyl groups is 2. The van der Waals surface area contributed by atoms with Gasteiger partial charge in [-0.15, -0.1) is 6.58 Å². The first kappa shape index (κ1) is 11.5. The molecule has 0 saturated heterocycles. The zero-order valence-corrected chi connectivity index (χ0v) is 9.47. The average Bonchev–Trinajstić information content (AvgIpc) is 3.09. The lowest BCUT2D eigenvalue weighted by Crippen LogP contribution is -2.33. The molecule has 1 amide bonds. The molecule has 0 aromatic heterocycles. The molecule has 0 heterocycles. The molecule has 0 aliphatic heterocycles. The number of nitrogens with zero attached hydrogens (tertiary/aromatic N) is 1. The van der Waals surface area contributed by atoms with Crippen molar-refractivity contribution in [3.63, 3.8) is 0 Å². The quantitative estimate of drug-likeness (QED) is 0.781. The maximum Gasteiger partial charge on any atom is 0.258 e. The monoisotopic (exact) mass is 233 g/mol. The zero-order chi connectivity index (χ0) is 12.4. The highest BCUT2D eigenvalue weighted by molar-refractivity contribution is 5.97. The van der Waals surface area contributed by atoms with Crippen molar-refractivity contribution in [1.29, 1.82) is 0 Å². The van der Waals surface area contributed by atoms with Crippen LogP contribution in [0.3, 0.4) is 0 Å². The van der Waals surface area contributed by atoms with Crippen molar-refractivity contribution in [3.8, 4) is 11.5 Å². The summed E-state index contributed by atoms with van der Waals surface area (Å²) in [5.41, 5.74) is 0.219. The number of amides is 1. The summed E-state index contributed by atoms with van der Waals surface area (Å²) in [7, 11) is 0. The van der Waals surface area contributed by atoms with Gasteiger partial charge in [0.2, 0.25) is 0 Å². The van der Waals surface area contributed by atoms with Crippen LogP contribution in [-0.4, -0.2) is 33.6 Å². The standard InChI is InChI=1S/C13H15NO3/c1-2-7-14(9-3-4-9)13(17)11-6-5-10(15)8-12(11)16/h2,5-6,8-9,15-16H,1,3-4,7H2. The molecule has 0 atom stereocenters. The molecular weight excluding hydrogens is 218 g/mol. The maximum absolute atomic E-state index is 12.2. The fraction of sp³-hybridized carbons (Fsp3) is 0.308. The lowest BCUT2D eigenvalue weighted by atomic mass is 10.1. The average molecular weight is 233 g/mol. The second-order valence-electron chi connectivity index (χ2n) is 4.18. The molecule has 1 aromatic carbocycles.